The fourth-order valence-electron chi connectivity index (χ4n) is 4.42. The van der Waals surface area contributed by atoms with Crippen molar-refractivity contribution in [2.45, 2.75) is 41.8 Å². The molecule has 0 aromatic carbocycles. The quantitative estimate of drug-likeness (QED) is 0.542. The van der Waals surface area contributed by atoms with E-state index in [0.717, 1.165) is 44.6 Å². The van der Waals surface area contributed by atoms with Gasteiger partial charge in [0.1, 0.15) is 10.8 Å². The molecule has 31 heavy (non-hydrogen) atoms. The summed E-state index contributed by atoms with van der Waals surface area (Å²) in [5.41, 5.74) is -3.92. The number of aromatic nitrogens is 2. The van der Waals surface area contributed by atoms with Crippen molar-refractivity contribution in [1.29, 1.82) is 0 Å². The largest absolute Gasteiger partial charge is 0.447 e. The van der Waals surface area contributed by atoms with E-state index in [0.29, 0.717) is 11.4 Å². The average molecular weight is 452 g/mol. The van der Waals surface area contributed by atoms with Gasteiger partial charge >= 0.3 is 5.51 Å². The molecule has 166 valence electrons. The van der Waals surface area contributed by atoms with Crippen LogP contribution in [0.1, 0.15) is 25.7 Å². The molecule has 1 amide bonds. The number of nitrogens with one attached hydrogen (secondary N) is 2. The lowest BCUT2D eigenvalue weighted by atomic mass is 10.1. The zero-order chi connectivity index (χ0) is 21.8. The first-order chi connectivity index (χ1) is 14.8. The van der Waals surface area contributed by atoms with Crippen molar-refractivity contribution < 1.29 is 18.0 Å². The third-order valence-corrected chi connectivity index (χ3v) is 7.16. The Balaban J connectivity index is 1.41. The number of hydrogen-bond acceptors (Lipinski definition) is 4. The number of carbonyl (C=O) groups is 1. The van der Waals surface area contributed by atoms with Gasteiger partial charge in [-0.1, -0.05) is 12.0 Å². The summed E-state index contributed by atoms with van der Waals surface area (Å²) in [5.74, 6) is 4.12. The molecule has 2 atom stereocenters. The van der Waals surface area contributed by atoms with Crippen molar-refractivity contribution in [2.24, 2.45) is 11.8 Å². The summed E-state index contributed by atoms with van der Waals surface area (Å²) in [6.45, 7) is 2.13. The second-order valence-corrected chi connectivity index (χ2v) is 9.80. The number of alkyl halides is 3. The number of nitrogens with zero attached hydrogens (tertiary/aromatic N) is 3. The molecule has 0 radical (unpaired) electrons. The van der Waals surface area contributed by atoms with Crippen molar-refractivity contribution in [3.63, 3.8) is 0 Å². The van der Waals surface area contributed by atoms with E-state index >= 15 is 0 Å². The zero-order valence-electron chi connectivity index (χ0n) is 17.1. The Morgan fingerprint density at radius 3 is 2.87 bits per heavy atom. The molecule has 1 aliphatic heterocycles. The highest BCUT2D eigenvalue weighted by atomic mass is 32.2. The molecule has 2 N–H and O–H groups in total. The number of carbonyl (C=O) groups excluding carboxylic acids is 1. The first kappa shape index (κ1) is 20.6. The molecule has 2 unspecified atom stereocenters. The van der Waals surface area contributed by atoms with Gasteiger partial charge in [-0.2, -0.15) is 17.9 Å². The number of amides is 1. The third kappa shape index (κ3) is 4.13. The zero-order valence-corrected chi connectivity index (χ0v) is 17.9. The van der Waals surface area contributed by atoms with Crippen LogP contribution >= 0.6 is 11.8 Å². The molecule has 2 aromatic heterocycles. The van der Waals surface area contributed by atoms with E-state index in [1.807, 2.05) is 6.07 Å². The Labute approximate surface area is 182 Å². The van der Waals surface area contributed by atoms with E-state index in [9.17, 15) is 18.0 Å². The Morgan fingerprint density at radius 2 is 2.16 bits per heavy atom. The van der Waals surface area contributed by atoms with Crippen LogP contribution in [0.2, 0.25) is 0 Å². The SMILES string of the molecule is CN1CCC2(Nc3cccc4c(SC(F)(F)F)n(C#CCNC(=O)C5CC5)n34)CC2C1. The lowest BCUT2D eigenvalue weighted by Crippen LogP contribution is -2.39. The average Bonchev–Trinajstić information content (AvgIpc) is 3.60. The van der Waals surface area contributed by atoms with Crippen LogP contribution < -0.4 is 10.6 Å². The molecule has 2 aliphatic carbocycles. The number of fused-ring (bicyclic) bond motifs is 2. The first-order valence-corrected chi connectivity index (χ1v) is 11.3. The van der Waals surface area contributed by atoms with Gasteiger partial charge in [-0.3, -0.25) is 4.79 Å². The highest BCUT2D eigenvalue weighted by Gasteiger charge is 2.56. The monoisotopic (exact) mass is 451 g/mol. The number of rotatable bonds is 5. The summed E-state index contributed by atoms with van der Waals surface area (Å²) in [4.78, 5) is 14.1. The van der Waals surface area contributed by atoms with Gasteiger partial charge in [0.15, 0.2) is 0 Å². The van der Waals surface area contributed by atoms with Crippen LogP contribution in [0.15, 0.2) is 23.2 Å². The number of likely N-dealkylation sites (tertiary alicyclic amines) is 1. The van der Waals surface area contributed by atoms with E-state index in [1.54, 1.807) is 16.6 Å². The molecule has 3 heterocycles. The summed E-state index contributed by atoms with van der Waals surface area (Å²) in [5, 5.41) is 6.38. The van der Waals surface area contributed by atoms with Gasteiger partial charge in [-0.05, 0) is 50.8 Å². The fraction of sp³-hybridized carbons (Fsp3) is 0.571. The molecular weight excluding hydrogens is 427 g/mol. The Bertz CT molecular complexity index is 1080. The molecule has 2 saturated carbocycles. The molecular formula is C21H24F3N5OS. The van der Waals surface area contributed by atoms with Gasteiger partial charge in [0, 0.05) is 42.4 Å². The molecule has 3 fully saturated rings. The van der Waals surface area contributed by atoms with Crippen LogP contribution in [0.3, 0.4) is 0 Å². The topological polar surface area (TPSA) is 53.7 Å². The minimum absolute atomic E-state index is 0.0128. The standard InChI is InChI=1S/C21H24F3N5OS/c1-27-11-8-20(12-15(20)13-27)26-17-5-2-4-16-19(31-21(22,23)24)28(29(16)17)10-3-9-25-18(30)14-6-7-14/h2,4-5,14-15,26H,6-9,11-13H2,1H3,(H,25,30). The van der Waals surface area contributed by atoms with Crippen LogP contribution in [0.5, 0.6) is 0 Å². The van der Waals surface area contributed by atoms with Gasteiger partial charge in [-0.25, -0.2) is 4.52 Å². The van der Waals surface area contributed by atoms with E-state index in [-0.39, 0.29) is 40.7 Å². The van der Waals surface area contributed by atoms with E-state index in [4.69, 9.17) is 0 Å². The summed E-state index contributed by atoms with van der Waals surface area (Å²) < 4.78 is 42.5. The van der Waals surface area contributed by atoms with Gasteiger partial charge in [0.25, 0.3) is 0 Å². The second kappa shape index (κ2) is 7.41. The number of piperidine rings is 1. The first-order valence-electron chi connectivity index (χ1n) is 10.5. The third-order valence-electron chi connectivity index (χ3n) is 6.35. The molecule has 0 bridgehead atoms. The summed E-state index contributed by atoms with van der Waals surface area (Å²) in [7, 11) is 2.11. The van der Waals surface area contributed by atoms with Gasteiger partial charge < -0.3 is 15.5 Å². The molecule has 1 saturated heterocycles. The minimum Gasteiger partial charge on any atom is -0.364 e. The highest BCUT2D eigenvalue weighted by molar-refractivity contribution is 8.00. The fourth-order valence-corrected chi connectivity index (χ4v) is 5.12. The van der Waals surface area contributed by atoms with E-state index in [2.05, 4.69) is 34.5 Å². The maximum atomic E-state index is 13.1. The van der Waals surface area contributed by atoms with E-state index in [1.165, 1.54) is 4.68 Å². The highest BCUT2D eigenvalue weighted by Crippen LogP contribution is 2.51. The number of halogens is 3. The molecule has 10 heteroatoms. The van der Waals surface area contributed by atoms with Crippen molar-refractivity contribution in [3.05, 3.63) is 18.2 Å². The van der Waals surface area contributed by atoms with Gasteiger partial charge in [0.2, 0.25) is 5.91 Å². The van der Waals surface area contributed by atoms with Crippen molar-refractivity contribution in [3.8, 4) is 12.0 Å². The minimum atomic E-state index is -4.41. The molecule has 6 nitrogen and oxygen atoms in total. The second-order valence-electron chi connectivity index (χ2n) is 8.75. The number of thioether (sulfide) groups is 1. The van der Waals surface area contributed by atoms with Crippen LogP contribution in [-0.2, 0) is 4.79 Å². The summed E-state index contributed by atoms with van der Waals surface area (Å²) in [6, 6.07) is 8.12. The van der Waals surface area contributed by atoms with Crippen molar-refractivity contribution >= 4 is 29.0 Å². The maximum Gasteiger partial charge on any atom is 0.447 e. The van der Waals surface area contributed by atoms with Crippen LogP contribution in [0, 0.1) is 23.8 Å². The number of anilines is 1. The van der Waals surface area contributed by atoms with Crippen molar-refractivity contribution in [2.75, 3.05) is 32.0 Å². The summed E-state index contributed by atoms with van der Waals surface area (Å²) >= 11 is -0.164. The smallest absolute Gasteiger partial charge is 0.364 e. The molecule has 3 aliphatic rings. The molecule has 0 spiro atoms. The Hall–Kier alpha value is -2.25. The summed E-state index contributed by atoms with van der Waals surface area (Å²) in [6.07, 6.45) is 3.85. The van der Waals surface area contributed by atoms with Crippen LogP contribution in [0.25, 0.3) is 5.52 Å². The van der Waals surface area contributed by atoms with Crippen LogP contribution in [-0.4, -0.2) is 57.7 Å². The van der Waals surface area contributed by atoms with Gasteiger partial charge in [0.05, 0.1) is 12.1 Å². The Kier molecular flexibility index (Phi) is 4.94. The van der Waals surface area contributed by atoms with Crippen LogP contribution in [0.4, 0.5) is 19.0 Å². The molecule has 5 rings (SSSR count). The lowest BCUT2D eigenvalue weighted by Gasteiger charge is -2.32. The lowest BCUT2D eigenvalue weighted by molar-refractivity contribution is -0.122. The maximum absolute atomic E-state index is 13.1. The van der Waals surface area contributed by atoms with Gasteiger partial charge in [-0.15, -0.1) is 0 Å². The van der Waals surface area contributed by atoms with Crippen molar-refractivity contribution in [1.82, 2.24) is 19.4 Å². The Morgan fingerprint density at radius 1 is 1.35 bits per heavy atom. The number of pyridine rings is 1. The normalized spacial score (nSPS) is 25.6. The number of hydrogen-bond donors (Lipinski definition) is 2. The molecule has 2 aromatic rings. The predicted molar refractivity (Wildman–Crippen MR) is 113 cm³/mol. The van der Waals surface area contributed by atoms with E-state index < -0.39 is 5.51 Å². The predicted octanol–water partition coefficient (Wildman–Crippen LogP) is 3.19.